The van der Waals surface area contributed by atoms with E-state index in [4.69, 9.17) is 9.73 Å². The molecular weight excluding hydrogens is 409 g/mol. The zero-order chi connectivity index (χ0) is 21.5. The van der Waals surface area contributed by atoms with Crippen molar-refractivity contribution >= 4 is 16.9 Å². The third-order valence-electron chi connectivity index (χ3n) is 6.69. The van der Waals surface area contributed by atoms with Crippen LogP contribution in [0.3, 0.4) is 0 Å². The monoisotopic (exact) mass is 445 g/mol. The molecule has 0 N–H and O–H groups in total. The first-order chi connectivity index (χ1) is 15.2. The quantitative estimate of drug-likeness (QED) is 0.494. The minimum Gasteiger partial charge on any atom is -0.494 e. The Bertz CT molecular complexity index is 739. The Hall–Kier alpha value is -1.53. The molecule has 0 amide bonds. The number of fused-ring (bicyclic) bond motifs is 1. The standard InChI is InChI=1S/C25H36FN3OS/c1-28(25-27-24-8-4-3-7-20(24)19-31-25)22-13-16-29(17-14-22)15-5-2-6-18-30-23-11-9-21(26)10-12-23/h3-4,7-9,11-12,20-22,24H,2,5-6,10,13-19H2,1H3. The number of aliphatic imine (C=N–C) groups is 1. The molecule has 6 heteroatoms. The number of alkyl halides is 1. The number of ether oxygens (including phenoxy) is 1. The Morgan fingerprint density at radius 1 is 1.16 bits per heavy atom. The Balaban J connectivity index is 1.09. The molecule has 0 aromatic rings. The minimum absolute atomic E-state index is 0.332. The summed E-state index contributed by atoms with van der Waals surface area (Å²) < 4.78 is 18.8. The van der Waals surface area contributed by atoms with Crippen LogP contribution in [0.1, 0.15) is 38.5 Å². The first kappa shape index (κ1) is 22.7. The van der Waals surface area contributed by atoms with Crippen molar-refractivity contribution in [1.29, 1.82) is 0 Å². The van der Waals surface area contributed by atoms with Crippen molar-refractivity contribution in [2.24, 2.45) is 10.9 Å². The topological polar surface area (TPSA) is 28.1 Å². The van der Waals surface area contributed by atoms with Crippen molar-refractivity contribution in [2.75, 3.05) is 39.0 Å². The van der Waals surface area contributed by atoms with Gasteiger partial charge in [-0.3, -0.25) is 4.99 Å². The SMILES string of the molecule is CN(C1=NC2C=CC=CC2CS1)C1CCN(CCCCCOC2=CCC(F)C=C2)CC1. The van der Waals surface area contributed by atoms with E-state index in [9.17, 15) is 4.39 Å². The molecule has 0 saturated carbocycles. The summed E-state index contributed by atoms with van der Waals surface area (Å²) in [5, 5.41) is 1.23. The summed E-state index contributed by atoms with van der Waals surface area (Å²) in [6.45, 7) is 4.27. The molecule has 2 heterocycles. The summed E-state index contributed by atoms with van der Waals surface area (Å²) in [4.78, 5) is 10.1. The van der Waals surface area contributed by atoms with Crippen LogP contribution in [-0.2, 0) is 4.74 Å². The highest BCUT2D eigenvalue weighted by Gasteiger charge is 2.29. The molecule has 0 spiro atoms. The van der Waals surface area contributed by atoms with Gasteiger partial charge in [-0.1, -0.05) is 36.1 Å². The van der Waals surface area contributed by atoms with E-state index in [-0.39, 0.29) is 0 Å². The zero-order valence-corrected chi connectivity index (χ0v) is 19.5. The lowest BCUT2D eigenvalue weighted by atomic mass is 9.97. The predicted molar refractivity (Wildman–Crippen MR) is 129 cm³/mol. The molecule has 4 rings (SSSR count). The Morgan fingerprint density at radius 3 is 2.81 bits per heavy atom. The molecule has 0 radical (unpaired) electrons. The summed E-state index contributed by atoms with van der Waals surface area (Å²) in [5.41, 5.74) is 0. The van der Waals surface area contributed by atoms with E-state index in [2.05, 4.69) is 41.2 Å². The Labute approximate surface area is 191 Å². The molecule has 4 nitrogen and oxygen atoms in total. The summed E-state index contributed by atoms with van der Waals surface area (Å²) in [6, 6.07) is 0.940. The molecule has 1 fully saturated rings. The number of piperidine rings is 1. The van der Waals surface area contributed by atoms with Crippen molar-refractivity contribution in [3.05, 3.63) is 48.3 Å². The van der Waals surface area contributed by atoms with Crippen molar-refractivity contribution in [3.63, 3.8) is 0 Å². The van der Waals surface area contributed by atoms with Gasteiger partial charge in [0.1, 0.15) is 11.9 Å². The van der Waals surface area contributed by atoms with Gasteiger partial charge in [0.15, 0.2) is 5.17 Å². The second-order valence-electron chi connectivity index (χ2n) is 8.96. The molecular formula is C25H36FN3OS. The Morgan fingerprint density at radius 2 is 2.00 bits per heavy atom. The molecule has 0 aromatic heterocycles. The van der Waals surface area contributed by atoms with Gasteiger partial charge >= 0.3 is 0 Å². The highest BCUT2D eigenvalue weighted by atomic mass is 32.2. The van der Waals surface area contributed by atoms with Crippen LogP contribution >= 0.6 is 11.8 Å². The maximum Gasteiger partial charge on any atom is 0.159 e. The number of rotatable bonds is 8. The normalized spacial score (nSPS) is 28.8. The number of unbranched alkanes of at least 4 members (excludes halogenated alkanes) is 2. The first-order valence-corrected chi connectivity index (χ1v) is 12.8. The molecule has 3 atom stereocenters. The van der Waals surface area contributed by atoms with Crippen LogP contribution in [0, 0.1) is 5.92 Å². The smallest absolute Gasteiger partial charge is 0.159 e. The zero-order valence-electron chi connectivity index (χ0n) is 18.7. The average Bonchev–Trinajstić information content (AvgIpc) is 2.82. The number of hydrogen-bond acceptors (Lipinski definition) is 5. The fourth-order valence-electron chi connectivity index (χ4n) is 4.64. The largest absolute Gasteiger partial charge is 0.494 e. The summed E-state index contributed by atoms with van der Waals surface area (Å²) in [5.74, 6) is 2.53. The summed E-state index contributed by atoms with van der Waals surface area (Å²) in [6.07, 6.45) is 19.5. The second-order valence-corrected chi connectivity index (χ2v) is 9.94. The van der Waals surface area contributed by atoms with E-state index < -0.39 is 6.17 Å². The maximum absolute atomic E-state index is 13.0. The summed E-state index contributed by atoms with van der Waals surface area (Å²) in [7, 11) is 2.24. The molecule has 0 bridgehead atoms. The van der Waals surface area contributed by atoms with E-state index in [1.807, 2.05) is 17.8 Å². The van der Waals surface area contributed by atoms with Gasteiger partial charge in [0.2, 0.25) is 0 Å². The van der Waals surface area contributed by atoms with Gasteiger partial charge in [-0.2, -0.15) is 0 Å². The fourth-order valence-corrected chi connectivity index (χ4v) is 5.83. The number of likely N-dealkylation sites (tertiary alicyclic amines) is 1. The number of hydrogen-bond donors (Lipinski definition) is 0. The van der Waals surface area contributed by atoms with Crippen LogP contribution < -0.4 is 0 Å². The molecule has 3 unspecified atom stereocenters. The van der Waals surface area contributed by atoms with E-state index in [1.54, 1.807) is 12.2 Å². The number of halogens is 1. The van der Waals surface area contributed by atoms with Gasteiger partial charge in [0, 0.05) is 44.3 Å². The van der Waals surface area contributed by atoms with Gasteiger partial charge in [-0.05, 0) is 56.9 Å². The maximum atomic E-state index is 13.0. The number of allylic oxidation sites excluding steroid dienone is 5. The van der Waals surface area contributed by atoms with Gasteiger partial charge in [-0.25, -0.2) is 4.39 Å². The van der Waals surface area contributed by atoms with Crippen LogP contribution in [0.5, 0.6) is 0 Å². The fraction of sp³-hybridized carbons (Fsp3) is 0.640. The van der Waals surface area contributed by atoms with Crippen molar-refractivity contribution in [3.8, 4) is 0 Å². The van der Waals surface area contributed by atoms with Gasteiger partial charge in [-0.15, -0.1) is 0 Å². The third kappa shape index (κ3) is 6.48. The van der Waals surface area contributed by atoms with Crippen molar-refractivity contribution < 1.29 is 9.13 Å². The van der Waals surface area contributed by atoms with Gasteiger partial charge in [0.05, 0.1) is 12.6 Å². The molecule has 170 valence electrons. The highest BCUT2D eigenvalue weighted by Crippen LogP contribution is 2.30. The van der Waals surface area contributed by atoms with Crippen LogP contribution in [0.25, 0.3) is 0 Å². The van der Waals surface area contributed by atoms with Crippen LogP contribution in [0.4, 0.5) is 4.39 Å². The van der Waals surface area contributed by atoms with E-state index >= 15 is 0 Å². The van der Waals surface area contributed by atoms with E-state index in [1.165, 1.54) is 50.5 Å². The number of thioether (sulfide) groups is 1. The van der Waals surface area contributed by atoms with Gasteiger partial charge < -0.3 is 14.5 Å². The molecule has 0 aromatic carbocycles. The lowest BCUT2D eigenvalue weighted by Gasteiger charge is -2.39. The molecule has 4 aliphatic rings. The van der Waals surface area contributed by atoms with Gasteiger partial charge in [0.25, 0.3) is 0 Å². The highest BCUT2D eigenvalue weighted by molar-refractivity contribution is 8.13. The van der Waals surface area contributed by atoms with E-state index in [0.29, 0.717) is 24.4 Å². The van der Waals surface area contributed by atoms with Crippen LogP contribution in [0.15, 0.2) is 53.3 Å². The lowest BCUT2D eigenvalue weighted by Crippen LogP contribution is -2.46. The summed E-state index contributed by atoms with van der Waals surface area (Å²) >= 11 is 1.92. The second kappa shape index (κ2) is 11.4. The molecule has 31 heavy (non-hydrogen) atoms. The Kier molecular flexibility index (Phi) is 8.31. The van der Waals surface area contributed by atoms with Crippen LogP contribution in [0.2, 0.25) is 0 Å². The van der Waals surface area contributed by atoms with Crippen molar-refractivity contribution in [1.82, 2.24) is 9.80 Å². The number of nitrogens with zero attached hydrogens (tertiary/aromatic N) is 3. The number of amidine groups is 1. The lowest BCUT2D eigenvalue weighted by molar-refractivity contribution is 0.161. The minimum atomic E-state index is -0.843. The van der Waals surface area contributed by atoms with Crippen molar-refractivity contribution in [2.45, 2.75) is 56.8 Å². The predicted octanol–water partition coefficient (Wildman–Crippen LogP) is 4.97. The molecule has 1 saturated heterocycles. The average molecular weight is 446 g/mol. The molecule has 2 aliphatic carbocycles. The van der Waals surface area contributed by atoms with Crippen LogP contribution in [-0.4, -0.2) is 72.3 Å². The third-order valence-corrected chi connectivity index (χ3v) is 7.89. The molecule has 2 aliphatic heterocycles. The first-order valence-electron chi connectivity index (χ1n) is 11.8. The van der Waals surface area contributed by atoms with E-state index in [0.717, 1.165) is 24.5 Å².